The van der Waals surface area contributed by atoms with Crippen molar-refractivity contribution in [3.8, 4) is 0 Å². The third kappa shape index (κ3) is 3.76. The number of aliphatic hydroxyl groups is 1. The lowest BCUT2D eigenvalue weighted by atomic mass is 10.0. The number of carbonyl (C=O) groups excluding carboxylic acids is 1. The van der Waals surface area contributed by atoms with Gasteiger partial charge in [0.15, 0.2) is 0 Å². The fraction of sp³-hybridized carbons (Fsp3) is 0.778. The highest BCUT2D eigenvalue weighted by Crippen LogP contribution is 2.21. The summed E-state index contributed by atoms with van der Waals surface area (Å²) in [6.07, 6.45) is -4.55. The number of halogens is 3. The summed E-state index contributed by atoms with van der Waals surface area (Å²) in [6.45, 7) is -2.69. The molecule has 0 aromatic carbocycles. The minimum absolute atomic E-state index is 0.103. The van der Waals surface area contributed by atoms with Crippen LogP contribution in [0.3, 0.4) is 0 Å². The lowest BCUT2D eigenvalue weighted by Gasteiger charge is -2.39. The van der Waals surface area contributed by atoms with Crippen LogP contribution in [0.15, 0.2) is 0 Å². The van der Waals surface area contributed by atoms with Crippen LogP contribution in [0.4, 0.5) is 18.0 Å². The van der Waals surface area contributed by atoms with Crippen molar-refractivity contribution >= 4 is 12.0 Å². The zero-order valence-corrected chi connectivity index (χ0v) is 9.35. The molecule has 0 radical (unpaired) electrons. The SMILES string of the molecule is O=C(O)C1CN(C(=O)N(CCO)CC(F)(F)F)C1. The Morgan fingerprint density at radius 1 is 1.33 bits per heavy atom. The van der Waals surface area contributed by atoms with Gasteiger partial charge in [-0.3, -0.25) is 4.79 Å². The summed E-state index contributed by atoms with van der Waals surface area (Å²) < 4.78 is 36.6. The monoisotopic (exact) mass is 270 g/mol. The van der Waals surface area contributed by atoms with E-state index in [-0.39, 0.29) is 13.1 Å². The van der Waals surface area contributed by atoms with Crippen molar-refractivity contribution in [3.05, 3.63) is 0 Å². The molecular weight excluding hydrogens is 257 g/mol. The fourth-order valence-corrected chi connectivity index (χ4v) is 1.57. The number of nitrogens with zero attached hydrogens (tertiary/aromatic N) is 2. The van der Waals surface area contributed by atoms with Gasteiger partial charge in [0.25, 0.3) is 0 Å². The van der Waals surface area contributed by atoms with Gasteiger partial charge in [0.2, 0.25) is 0 Å². The van der Waals surface area contributed by atoms with E-state index >= 15 is 0 Å². The molecule has 0 aromatic rings. The maximum atomic E-state index is 12.2. The molecule has 1 fully saturated rings. The average Bonchev–Trinajstić information content (AvgIpc) is 2.11. The maximum absolute atomic E-state index is 12.2. The molecule has 2 amide bonds. The number of hydrogen-bond donors (Lipinski definition) is 2. The standard InChI is InChI=1S/C9H13F3N2O4/c10-9(11,12)5-13(1-2-15)8(18)14-3-6(4-14)7(16)17/h6,15H,1-5H2,(H,16,17). The third-order valence-corrected chi connectivity index (χ3v) is 2.51. The molecule has 0 aliphatic carbocycles. The van der Waals surface area contributed by atoms with Crippen molar-refractivity contribution < 1.29 is 33.0 Å². The van der Waals surface area contributed by atoms with Crippen LogP contribution in [-0.2, 0) is 4.79 Å². The number of amides is 2. The van der Waals surface area contributed by atoms with Gasteiger partial charge in [-0.2, -0.15) is 13.2 Å². The van der Waals surface area contributed by atoms with Crippen LogP contribution in [0.2, 0.25) is 0 Å². The molecule has 0 atom stereocenters. The Morgan fingerprint density at radius 3 is 2.28 bits per heavy atom. The number of carboxylic acid groups (broad SMARTS) is 1. The van der Waals surface area contributed by atoms with E-state index in [1.165, 1.54) is 0 Å². The van der Waals surface area contributed by atoms with Crippen molar-refractivity contribution in [2.75, 3.05) is 32.8 Å². The van der Waals surface area contributed by atoms with E-state index in [4.69, 9.17) is 10.2 Å². The predicted octanol–water partition coefficient (Wildman–Crippen LogP) is -0.0206. The van der Waals surface area contributed by atoms with E-state index in [2.05, 4.69) is 0 Å². The number of aliphatic carboxylic acids is 1. The van der Waals surface area contributed by atoms with E-state index in [0.29, 0.717) is 4.90 Å². The van der Waals surface area contributed by atoms with Crippen LogP contribution in [0.1, 0.15) is 0 Å². The van der Waals surface area contributed by atoms with Crippen molar-refractivity contribution in [2.24, 2.45) is 5.92 Å². The number of rotatable bonds is 4. The van der Waals surface area contributed by atoms with E-state index in [0.717, 1.165) is 4.90 Å². The summed E-state index contributed by atoms with van der Waals surface area (Å²) in [5.74, 6) is -1.81. The quantitative estimate of drug-likeness (QED) is 0.752. The van der Waals surface area contributed by atoms with Crippen molar-refractivity contribution in [1.82, 2.24) is 9.80 Å². The molecule has 0 unspecified atom stereocenters. The molecule has 18 heavy (non-hydrogen) atoms. The normalized spacial score (nSPS) is 16.3. The number of urea groups is 1. The molecule has 0 saturated carbocycles. The number of carboxylic acids is 1. The molecule has 1 rings (SSSR count). The van der Waals surface area contributed by atoms with Gasteiger partial charge in [-0.25, -0.2) is 4.79 Å². The van der Waals surface area contributed by atoms with E-state index in [9.17, 15) is 22.8 Å². The zero-order valence-electron chi connectivity index (χ0n) is 9.35. The second-order valence-electron chi connectivity index (χ2n) is 3.98. The molecule has 6 nitrogen and oxygen atoms in total. The van der Waals surface area contributed by atoms with Crippen LogP contribution in [0.25, 0.3) is 0 Å². The Hall–Kier alpha value is -1.51. The van der Waals surface area contributed by atoms with Gasteiger partial charge in [-0.15, -0.1) is 0 Å². The topological polar surface area (TPSA) is 81.1 Å². The van der Waals surface area contributed by atoms with Gasteiger partial charge < -0.3 is 20.0 Å². The highest BCUT2D eigenvalue weighted by atomic mass is 19.4. The Labute approximate surface area is 101 Å². The maximum Gasteiger partial charge on any atom is 0.406 e. The van der Waals surface area contributed by atoms with Crippen LogP contribution < -0.4 is 0 Å². The molecule has 104 valence electrons. The molecule has 1 aliphatic heterocycles. The first kappa shape index (κ1) is 14.6. The van der Waals surface area contributed by atoms with Crippen LogP contribution >= 0.6 is 0 Å². The molecular formula is C9H13F3N2O4. The molecule has 1 heterocycles. The molecule has 9 heteroatoms. The van der Waals surface area contributed by atoms with Crippen molar-refractivity contribution in [3.63, 3.8) is 0 Å². The largest absolute Gasteiger partial charge is 0.481 e. The van der Waals surface area contributed by atoms with Gasteiger partial charge in [-0.05, 0) is 0 Å². The van der Waals surface area contributed by atoms with E-state index in [1.807, 2.05) is 0 Å². The molecule has 1 saturated heterocycles. The Morgan fingerprint density at radius 2 is 1.89 bits per heavy atom. The Kier molecular flexibility index (Phi) is 4.38. The minimum Gasteiger partial charge on any atom is -0.481 e. The molecule has 1 aliphatic rings. The van der Waals surface area contributed by atoms with Crippen LogP contribution in [0, 0.1) is 5.92 Å². The van der Waals surface area contributed by atoms with Gasteiger partial charge in [0.05, 0.1) is 12.5 Å². The number of likely N-dealkylation sites (tertiary alicyclic amines) is 1. The van der Waals surface area contributed by atoms with Crippen LogP contribution in [-0.4, -0.2) is 71.0 Å². The van der Waals surface area contributed by atoms with E-state index < -0.39 is 43.8 Å². The average molecular weight is 270 g/mol. The number of aliphatic hydroxyl groups excluding tert-OH is 1. The van der Waals surface area contributed by atoms with Gasteiger partial charge in [-0.1, -0.05) is 0 Å². The van der Waals surface area contributed by atoms with Crippen molar-refractivity contribution in [1.29, 1.82) is 0 Å². The van der Waals surface area contributed by atoms with Crippen molar-refractivity contribution in [2.45, 2.75) is 6.18 Å². The van der Waals surface area contributed by atoms with Gasteiger partial charge in [0.1, 0.15) is 6.54 Å². The number of alkyl halides is 3. The molecule has 0 spiro atoms. The molecule has 0 aromatic heterocycles. The smallest absolute Gasteiger partial charge is 0.406 e. The predicted molar refractivity (Wildman–Crippen MR) is 52.8 cm³/mol. The highest BCUT2D eigenvalue weighted by molar-refractivity contribution is 5.79. The second kappa shape index (κ2) is 5.42. The first-order valence-electron chi connectivity index (χ1n) is 5.19. The van der Waals surface area contributed by atoms with Crippen LogP contribution in [0.5, 0.6) is 0 Å². The zero-order chi connectivity index (χ0) is 13.9. The number of carbonyl (C=O) groups is 2. The van der Waals surface area contributed by atoms with Gasteiger partial charge in [0, 0.05) is 19.6 Å². The van der Waals surface area contributed by atoms with Gasteiger partial charge >= 0.3 is 18.2 Å². The van der Waals surface area contributed by atoms with E-state index in [1.54, 1.807) is 0 Å². The summed E-state index contributed by atoms with van der Waals surface area (Å²) in [4.78, 5) is 23.6. The third-order valence-electron chi connectivity index (χ3n) is 2.51. The fourth-order valence-electron chi connectivity index (χ4n) is 1.57. The molecule has 2 N–H and O–H groups in total. The lowest BCUT2D eigenvalue weighted by molar-refractivity contribution is -0.149. The Balaban J connectivity index is 2.54. The summed E-state index contributed by atoms with van der Waals surface area (Å²) in [6, 6.07) is -0.904. The first-order chi connectivity index (χ1) is 8.24. The molecule has 0 bridgehead atoms. The summed E-state index contributed by atoms with van der Waals surface area (Å²) in [5.41, 5.74) is 0. The Bertz CT molecular complexity index is 328. The summed E-state index contributed by atoms with van der Waals surface area (Å²) >= 11 is 0. The minimum atomic E-state index is -4.55. The summed E-state index contributed by atoms with van der Waals surface area (Å²) in [5, 5.41) is 17.2. The summed E-state index contributed by atoms with van der Waals surface area (Å²) in [7, 11) is 0. The first-order valence-corrected chi connectivity index (χ1v) is 5.19. The lowest BCUT2D eigenvalue weighted by Crippen LogP contribution is -2.58. The second-order valence-corrected chi connectivity index (χ2v) is 3.98. The number of hydrogen-bond acceptors (Lipinski definition) is 3. The highest BCUT2D eigenvalue weighted by Gasteiger charge is 2.40.